The Morgan fingerprint density at radius 1 is 1.31 bits per heavy atom. The van der Waals surface area contributed by atoms with Crippen LogP contribution in [0.5, 0.6) is 5.75 Å². The van der Waals surface area contributed by atoms with Gasteiger partial charge in [0.15, 0.2) is 0 Å². The number of thiophene rings is 1. The molecule has 1 fully saturated rings. The number of rotatable bonds is 6. The molecule has 2 aromatic heterocycles. The number of ether oxygens (including phenoxy) is 1. The topological polar surface area (TPSA) is 104 Å². The first-order valence-electron chi connectivity index (χ1n) is 11.8. The highest BCUT2D eigenvalue weighted by Crippen LogP contribution is 2.46. The molecule has 0 bridgehead atoms. The number of carbonyl (C=O) groups excluding carboxylic acids is 3. The molecule has 1 saturated heterocycles. The molecule has 2 N–H and O–H groups in total. The van der Waals surface area contributed by atoms with Gasteiger partial charge in [-0.2, -0.15) is 0 Å². The van der Waals surface area contributed by atoms with Crippen molar-refractivity contribution in [2.45, 2.75) is 39.3 Å². The van der Waals surface area contributed by atoms with Crippen molar-refractivity contribution in [3.8, 4) is 5.75 Å². The molecule has 9 nitrogen and oxygen atoms in total. The van der Waals surface area contributed by atoms with Crippen LogP contribution in [0.4, 0.5) is 21.9 Å². The minimum Gasteiger partial charge on any atom is -0.491 e. The molecule has 0 unspecified atom stereocenters. The van der Waals surface area contributed by atoms with Gasteiger partial charge >= 0.3 is 6.03 Å². The predicted octanol–water partition coefficient (Wildman–Crippen LogP) is 4.59. The molecular weight excluding hydrogens is 478 g/mol. The number of carbonyl (C=O) groups is 3. The van der Waals surface area contributed by atoms with Gasteiger partial charge in [-0.15, -0.1) is 11.3 Å². The van der Waals surface area contributed by atoms with Gasteiger partial charge in [0, 0.05) is 25.3 Å². The molecule has 10 heteroatoms. The van der Waals surface area contributed by atoms with Gasteiger partial charge in [-0.3, -0.25) is 14.5 Å². The summed E-state index contributed by atoms with van der Waals surface area (Å²) in [6, 6.07) is 6.87. The van der Waals surface area contributed by atoms with Crippen molar-refractivity contribution in [1.82, 2.24) is 15.2 Å². The SMILES string of the molecule is C=CC(=O)N1CC[C@@H](NC(=O)c2sc3nccc4c3c2NC(=O)N4c2ccc(OC(C)C)cc2C)C1. The van der Waals surface area contributed by atoms with Gasteiger partial charge in [-0.25, -0.2) is 9.78 Å². The molecule has 2 aliphatic heterocycles. The number of aryl methyl sites for hydroxylation is 1. The lowest BCUT2D eigenvalue weighted by atomic mass is 10.1. The van der Waals surface area contributed by atoms with Crippen LogP contribution in [-0.2, 0) is 4.79 Å². The molecule has 4 amide bonds. The average Bonchev–Trinajstić information content (AvgIpc) is 3.45. The molecule has 36 heavy (non-hydrogen) atoms. The van der Waals surface area contributed by atoms with Gasteiger partial charge in [0.25, 0.3) is 5.91 Å². The summed E-state index contributed by atoms with van der Waals surface area (Å²) >= 11 is 1.24. The van der Waals surface area contributed by atoms with E-state index in [0.29, 0.717) is 40.6 Å². The Bertz CT molecular complexity index is 1400. The molecular formula is C26H27N5O4S. The number of benzene rings is 1. The number of anilines is 3. The maximum atomic E-state index is 13.4. The number of amides is 4. The molecule has 1 aromatic carbocycles. The van der Waals surface area contributed by atoms with Crippen LogP contribution in [0.1, 0.15) is 35.5 Å². The second-order valence-corrected chi connectivity index (χ2v) is 10.1. The first-order chi connectivity index (χ1) is 17.3. The van der Waals surface area contributed by atoms with E-state index in [2.05, 4.69) is 22.2 Å². The Hall–Kier alpha value is -3.92. The highest BCUT2D eigenvalue weighted by molar-refractivity contribution is 7.21. The van der Waals surface area contributed by atoms with Gasteiger partial charge in [-0.05, 0) is 63.1 Å². The maximum Gasteiger partial charge on any atom is 0.331 e. The zero-order valence-corrected chi connectivity index (χ0v) is 21.1. The van der Waals surface area contributed by atoms with Crippen molar-refractivity contribution in [2.24, 2.45) is 0 Å². The van der Waals surface area contributed by atoms with Crippen LogP contribution in [0.25, 0.3) is 10.2 Å². The number of nitrogens with zero attached hydrogens (tertiary/aromatic N) is 3. The second kappa shape index (κ2) is 9.27. The van der Waals surface area contributed by atoms with E-state index < -0.39 is 0 Å². The van der Waals surface area contributed by atoms with Crippen LogP contribution in [-0.4, -0.2) is 53.0 Å². The van der Waals surface area contributed by atoms with Gasteiger partial charge in [0.05, 0.1) is 28.6 Å². The Kier molecular flexibility index (Phi) is 6.13. The first-order valence-corrected chi connectivity index (χ1v) is 12.6. The van der Waals surface area contributed by atoms with E-state index in [4.69, 9.17) is 4.74 Å². The van der Waals surface area contributed by atoms with Crippen LogP contribution in [0.3, 0.4) is 0 Å². The number of hydrogen-bond donors (Lipinski definition) is 2. The van der Waals surface area contributed by atoms with Crippen molar-refractivity contribution in [2.75, 3.05) is 23.3 Å². The second-order valence-electron chi connectivity index (χ2n) is 9.14. The molecule has 1 atom stereocenters. The minimum absolute atomic E-state index is 0.0427. The molecule has 3 aromatic rings. The molecule has 0 aliphatic carbocycles. The van der Waals surface area contributed by atoms with E-state index in [9.17, 15) is 14.4 Å². The number of nitrogens with one attached hydrogen (secondary N) is 2. The monoisotopic (exact) mass is 505 g/mol. The molecule has 0 saturated carbocycles. The van der Waals surface area contributed by atoms with Crippen molar-refractivity contribution in [3.05, 3.63) is 53.6 Å². The molecule has 4 heterocycles. The van der Waals surface area contributed by atoms with Crippen LogP contribution in [0, 0.1) is 6.92 Å². The smallest absolute Gasteiger partial charge is 0.331 e. The third-order valence-electron chi connectivity index (χ3n) is 6.24. The number of aromatic nitrogens is 1. The first kappa shape index (κ1) is 23.8. The van der Waals surface area contributed by atoms with Crippen molar-refractivity contribution in [3.63, 3.8) is 0 Å². The lowest BCUT2D eigenvalue weighted by molar-refractivity contribution is -0.125. The normalized spacial score (nSPS) is 16.9. The van der Waals surface area contributed by atoms with Crippen LogP contribution in [0.15, 0.2) is 43.1 Å². The van der Waals surface area contributed by atoms with E-state index in [1.807, 2.05) is 39.0 Å². The Labute approximate surface area is 212 Å². The zero-order valence-electron chi connectivity index (χ0n) is 20.3. The number of pyridine rings is 1. The quantitative estimate of drug-likeness (QED) is 0.477. The third-order valence-corrected chi connectivity index (χ3v) is 7.34. The summed E-state index contributed by atoms with van der Waals surface area (Å²) in [6.07, 6.45) is 3.62. The van der Waals surface area contributed by atoms with Crippen LogP contribution in [0.2, 0.25) is 0 Å². The van der Waals surface area contributed by atoms with E-state index in [1.165, 1.54) is 17.4 Å². The Balaban J connectivity index is 1.47. The molecule has 5 rings (SSSR count). The maximum absolute atomic E-state index is 13.4. The summed E-state index contributed by atoms with van der Waals surface area (Å²) in [5.74, 6) is 0.292. The van der Waals surface area contributed by atoms with Gasteiger partial charge < -0.3 is 20.3 Å². The predicted molar refractivity (Wildman–Crippen MR) is 140 cm³/mol. The van der Waals surface area contributed by atoms with Crippen LogP contribution < -0.4 is 20.3 Å². The van der Waals surface area contributed by atoms with E-state index in [1.54, 1.807) is 22.1 Å². The fraction of sp³-hybridized carbons (Fsp3) is 0.308. The van der Waals surface area contributed by atoms with Gasteiger partial charge in [-0.1, -0.05) is 6.58 Å². The molecule has 186 valence electrons. The molecule has 2 aliphatic rings. The highest BCUT2D eigenvalue weighted by atomic mass is 32.1. The lowest BCUT2D eigenvalue weighted by Gasteiger charge is -2.29. The highest BCUT2D eigenvalue weighted by Gasteiger charge is 2.34. The Morgan fingerprint density at radius 2 is 2.11 bits per heavy atom. The molecule has 0 spiro atoms. The van der Waals surface area contributed by atoms with Crippen molar-refractivity contribution < 1.29 is 19.1 Å². The molecule has 0 radical (unpaired) electrons. The summed E-state index contributed by atoms with van der Waals surface area (Å²) < 4.78 is 5.79. The van der Waals surface area contributed by atoms with E-state index >= 15 is 0 Å². The Morgan fingerprint density at radius 3 is 2.83 bits per heavy atom. The van der Waals surface area contributed by atoms with Crippen molar-refractivity contribution >= 4 is 56.5 Å². The fourth-order valence-corrected chi connectivity index (χ4v) is 5.69. The lowest BCUT2D eigenvalue weighted by Crippen LogP contribution is -2.39. The summed E-state index contributed by atoms with van der Waals surface area (Å²) in [6.45, 7) is 10.4. The summed E-state index contributed by atoms with van der Waals surface area (Å²) in [4.78, 5) is 47.3. The summed E-state index contributed by atoms with van der Waals surface area (Å²) in [5, 5.41) is 6.66. The van der Waals surface area contributed by atoms with Gasteiger partial charge in [0.2, 0.25) is 5.91 Å². The minimum atomic E-state index is -0.355. The fourth-order valence-electron chi connectivity index (χ4n) is 4.67. The van der Waals surface area contributed by atoms with Gasteiger partial charge in [0.1, 0.15) is 15.5 Å². The number of hydrogen-bond acceptors (Lipinski definition) is 6. The number of urea groups is 1. The summed E-state index contributed by atoms with van der Waals surface area (Å²) in [5.41, 5.74) is 2.73. The largest absolute Gasteiger partial charge is 0.491 e. The third kappa shape index (κ3) is 4.17. The average molecular weight is 506 g/mol. The van der Waals surface area contributed by atoms with Crippen LogP contribution >= 0.6 is 11.3 Å². The number of likely N-dealkylation sites (tertiary alicyclic amines) is 1. The zero-order chi connectivity index (χ0) is 25.6. The standard InChI is InChI=1S/C26H27N5O4S/c1-5-20(32)30-11-9-16(13-30)28-24(33)23-22-21-19(8-10-27-25(21)36-23)31(26(34)29-22)18-7-6-17(12-15(18)4)35-14(2)3/h5-8,10,12,14,16H,1,9,11,13H2,2-4H3,(H,28,33)(H,29,34)/t16-/m1/s1. The van der Waals surface area contributed by atoms with Crippen molar-refractivity contribution in [1.29, 1.82) is 0 Å². The van der Waals surface area contributed by atoms with E-state index in [0.717, 1.165) is 22.4 Å². The van der Waals surface area contributed by atoms with E-state index in [-0.39, 0.29) is 30.0 Å². The summed E-state index contributed by atoms with van der Waals surface area (Å²) in [7, 11) is 0.